The number of carbonyl (C=O) groups excluding carboxylic acids is 2. The molecule has 4 aromatic carbocycles. The second-order valence-electron chi connectivity index (χ2n) is 7.12. The first-order valence-corrected chi connectivity index (χ1v) is 10.4. The standard InChI is InChI=1S/C27H22N2O4/c30-26(28-21-14-16-24(17-15-21)33-23-11-5-2-6-12-23)19-32-25-13-7-10-22(18-25)29-27(31)20-8-3-1-4-9-20/h1-18H,19H2,(H,28,30)(H,29,31). The average Bonchev–Trinajstić information content (AvgIpc) is 2.85. The lowest BCUT2D eigenvalue weighted by Crippen LogP contribution is -2.20. The zero-order valence-corrected chi connectivity index (χ0v) is 17.7. The van der Waals surface area contributed by atoms with E-state index in [2.05, 4.69) is 10.6 Å². The molecule has 4 aromatic rings. The fourth-order valence-corrected chi connectivity index (χ4v) is 3.03. The molecule has 0 aliphatic carbocycles. The van der Waals surface area contributed by atoms with Gasteiger partial charge in [0.15, 0.2) is 6.61 Å². The second kappa shape index (κ2) is 10.6. The molecule has 4 rings (SSSR count). The minimum atomic E-state index is -0.301. The molecule has 6 heteroatoms. The summed E-state index contributed by atoms with van der Waals surface area (Å²) in [7, 11) is 0. The Morgan fingerprint density at radius 2 is 1.24 bits per heavy atom. The highest BCUT2D eigenvalue weighted by molar-refractivity contribution is 6.04. The SMILES string of the molecule is O=C(COc1cccc(NC(=O)c2ccccc2)c1)Nc1ccc(Oc2ccccc2)cc1. The van der Waals surface area contributed by atoms with Gasteiger partial charge in [0.2, 0.25) is 0 Å². The maximum absolute atomic E-state index is 12.3. The van der Waals surface area contributed by atoms with Crippen LogP contribution in [-0.2, 0) is 4.79 Å². The van der Waals surface area contributed by atoms with Crippen LogP contribution in [0.25, 0.3) is 0 Å². The molecule has 0 saturated carbocycles. The number of rotatable bonds is 8. The molecule has 0 aliphatic heterocycles. The summed E-state index contributed by atoms with van der Waals surface area (Å²) in [5.41, 5.74) is 1.77. The van der Waals surface area contributed by atoms with Gasteiger partial charge in [0, 0.05) is 23.0 Å². The molecule has 0 bridgehead atoms. The number of ether oxygens (including phenoxy) is 2. The Balaban J connectivity index is 1.27. The van der Waals surface area contributed by atoms with Crippen molar-refractivity contribution >= 4 is 23.2 Å². The summed E-state index contributed by atoms with van der Waals surface area (Å²) in [5.74, 6) is 1.37. The molecular weight excluding hydrogens is 416 g/mol. The largest absolute Gasteiger partial charge is 0.484 e. The fourth-order valence-electron chi connectivity index (χ4n) is 3.03. The maximum atomic E-state index is 12.3. The molecule has 164 valence electrons. The molecule has 2 amide bonds. The van der Waals surface area contributed by atoms with Crippen molar-refractivity contribution in [2.75, 3.05) is 17.2 Å². The molecule has 0 heterocycles. The minimum absolute atomic E-state index is 0.168. The molecule has 0 atom stereocenters. The van der Waals surface area contributed by atoms with Gasteiger partial charge in [-0.25, -0.2) is 0 Å². The van der Waals surface area contributed by atoms with Crippen LogP contribution in [0.1, 0.15) is 10.4 Å². The lowest BCUT2D eigenvalue weighted by atomic mass is 10.2. The molecule has 0 radical (unpaired) electrons. The highest BCUT2D eigenvalue weighted by Crippen LogP contribution is 2.23. The van der Waals surface area contributed by atoms with E-state index in [1.807, 2.05) is 36.4 Å². The number of para-hydroxylation sites is 1. The van der Waals surface area contributed by atoms with Crippen LogP contribution in [0.4, 0.5) is 11.4 Å². The minimum Gasteiger partial charge on any atom is -0.484 e. The molecule has 0 aromatic heterocycles. The fraction of sp³-hybridized carbons (Fsp3) is 0.0370. The van der Waals surface area contributed by atoms with Crippen LogP contribution in [-0.4, -0.2) is 18.4 Å². The number of anilines is 2. The smallest absolute Gasteiger partial charge is 0.262 e. The van der Waals surface area contributed by atoms with Crippen molar-refractivity contribution in [1.82, 2.24) is 0 Å². The number of carbonyl (C=O) groups is 2. The third kappa shape index (κ3) is 6.45. The number of amides is 2. The second-order valence-corrected chi connectivity index (χ2v) is 7.12. The first-order chi connectivity index (χ1) is 16.2. The summed E-state index contributed by atoms with van der Waals surface area (Å²) in [5, 5.41) is 5.60. The summed E-state index contributed by atoms with van der Waals surface area (Å²) < 4.78 is 11.3. The molecule has 2 N–H and O–H groups in total. The van der Waals surface area contributed by atoms with Gasteiger partial charge in [-0.15, -0.1) is 0 Å². The number of benzene rings is 4. The average molecular weight is 438 g/mol. The third-order valence-electron chi connectivity index (χ3n) is 4.61. The van der Waals surface area contributed by atoms with Gasteiger partial charge in [-0.05, 0) is 60.7 Å². The van der Waals surface area contributed by atoms with E-state index in [0.717, 1.165) is 5.75 Å². The Labute approximate surface area is 191 Å². The molecule has 0 fully saturated rings. The van der Waals surface area contributed by atoms with Gasteiger partial charge in [0.1, 0.15) is 17.2 Å². The lowest BCUT2D eigenvalue weighted by Gasteiger charge is -2.10. The molecule has 0 aliphatic rings. The van der Waals surface area contributed by atoms with E-state index in [4.69, 9.17) is 9.47 Å². The van der Waals surface area contributed by atoms with Crippen LogP contribution in [0.15, 0.2) is 109 Å². The highest BCUT2D eigenvalue weighted by Gasteiger charge is 2.08. The summed E-state index contributed by atoms with van der Waals surface area (Å²) in [4.78, 5) is 24.6. The van der Waals surface area contributed by atoms with E-state index >= 15 is 0 Å². The van der Waals surface area contributed by atoms with Gasteiger partial charge >= 0.3 is 0 Å². The van der Waals surface area contributed by atoms with Gasteiger partial charge in [0.25, 0.3) is 11.8 Å². The van der Waals surface area contributed by atoms with Crippen LogP contribution < -0.4 is 20.1 Å². The quantitative estimate of drug-likeness (QED) is 0.367. The number of nitrogens with one attached hydrogen (secondary N) is 2. The Kier molecular flexibility index (Phi) is 6.98. The monoisotopic (exact) mass is 438 g/mol. The zero-order valence-electron chi connectivity index (χ0n) is 17.7. The summed E-state index contributed by atoms with van der Waals surface area (Å²) in [6.45, 7) is -0.168. The summed E-state index contributed by atoms with van der Waals surface area (Å²) in [6, 6.07) is 32.4. The topological polar surface area (TPSA) is 76.7 Å². The summed E-state index contributed by atoms with van der Waals surface area (Å²) >= 11 is 0. The van der Waals surface area contributed by atoms with Crippen LogP contribution in [0.3, 0.4) is 0 Å². The summed E-state index contributed by atoms with van der Waals surface area (Å²) in [6.07, 6.45) is 0. The van der Waals surface area contributed by atoms with E-state index in [0.29, 0.717) is 28.4 Å². The predicted octanol–water partition coefficient (Wildman–Crippen LogP) is 5.75. The Bertz CT molecular complexity index is 1210. The first-order valence-electron chi connectivity index (χ1n) is 10.4. The van der Waals surface area contributed by atoms with Crippen molar-refractivity contribution in [3.63, 3.8) is 0 Å². The van der Waals surface area contributed by atoms with Crippen molar-refractivity contribution in [3.05, 3.63) is 115 Å². The van der Waals surface area contributed by atoms with E-state index in [1.54, 1.807) is 72.8 Å². The lowest BCUT2D eigenvalue weighted by molar-refractivity contribution is -0.118. The van der Waals surface area contributed by atoms with E-state index in [1.165, 1.54) is 0 Å². The van der Waals surface area contributed by atoms with Gasteiger partial charge in [-0.1, -0.05) is 42.5 Å². The van der Waals surface area contributed by atoms with E-state index < -0.39 is 0 Å². The molecule has 33 heavy (non-hydrogen) atoms. The Morgan fingerprint density at radius 3 is 1.97 bits per heavy atom. The number of hydrogen-bond donors (Lipinski definition) is 2. The zero-order chi connectivity index (χ0) is 22.9. The van der Waals surface area contributed by atoms with Crippen molar-refractivity contribution in [2.24, 2.45) is 0 Å². The van der Waals surface area contributed by atoms with E-state index in [9.17, 15) is 9.59 Å². The molecular formula is C27H22N2O4. The van der Waals surface area contributed by atoms with Gasteiger partial charge < -0.3 is 20.1 Å². The van der Waals surface area contributed by atoms with Gasteiger partial charge in [-0.2, -0.15) is 0 Å². The Morgan fingerprint density at radius 1 is 0.606 bits per heavy atom. The predicted molar refractivity (Wildman–Crippen MR) is 128 cm³/mol. The van der Waals surface area contributed by atoms with E-state index in [-0.39, 0.29) is 18.4 Å². The van der Waals surface area contributed by atoms with Crippen molar-refractivity contribution < 1.29 is 19.1 Å². The van der Waals surface area contributed by atoms with Gasteiger partial charge in [0.05, 0.1) is 0 Å². The third-order valence-corrected chi connectivity index (χ3v) is 4.61. The maximum Gasteiger partial charge on any atom is 0.262 e. The molecule has 0 spiro atoms. The molecule has 0 unspecified atom stereocenters. The van der Waals surface area contributed by atoms with Crippen LogP contribution >= 0.6 is 0 Å². The van der Waals surface area contributed by atoms with Crippen LogP contribution in [0.5, 0.6) is 17.2 Å². The first kappa shape index (κ1) is 21.6. The molecule has 6 nitrogen and oxygen atoms in total. The van der Waals surface area contributed by atoms with Crippen LogP contribution in [0.2, 0.25) is 0 Å². The number of hydrogen-bond acceptors (Lipinski definition) is 4. The highest BCUT2D eigenvalue weighted by atomic mass is 16.5. The van der Waals surface area contributed by atoms with Crippen molar-refractivity contribution in [1.29, 1.82) is 0 Å². The van der Waals surface area contributed by atoms with Crippen molar-refractivity contribution in [3.8, 4) is 17.2 Å². The van der Waals surface area contributed by atoms with Gasteiger partial charge in [-0.3, -0.25) is 9.59 Å². The Hall–Kier alpha value is -4.58. The van der Waals surface area contributed by atoms with Crippen LogP contribution in [0, 0.1) is 0 Å². The molecule has 0 saturated heterocycles. The van der Waals surface area contributed by atoms with Crippen molar-refractivity contribution in [2.45, 2.75) is 0 Å². The normalized spacial score (nSPS) is 10.2.